The first kappa shape index (κ1) is 32.3. The summed E-state index contributed by atoms with van der Waals surface area (Å²) in [6.45, 7) is 4.16. The normalized spacial score (nSPS) is 11.6. The number of urea groups is 1. The van der Waals surface area contributed by atoms with Crippen molar-refractivity contribution in [1.29, 1.82) is 0 Å². The Bertz CT molecular complexity index is 1740. The van der Waals surface area contributed by atoms with Crippen molar-refractivity contribution in [2.24, 2.45) is 0 Å². The molecule has 12 nitrogen and oxygen atoms in total. The van der Waals surface area contributed by atoms with Crippen LogP contribution in [0.25, 0.3) is 23.4 Å². The highest BCUT2D eigenvalue weighted by Gasteiger charge is 2.25. The molecule has 3 aromatic carbocycles. The van der Waals surface area contributed by atoms with Gasteiger partial charge in [-0.3, -0.25) is 10.2 Å². The van der Waals surface area contributed by atoms with E-state index in [4.69, 9.17) is 15.2 Å². The smallest absolute Gasteiger partial charge is 0.415 e. The number of nitrogens with zero attached hydrogens (tertiary/aromatic N) is 4. The summed E-state index contributed by atoms with van der Waals surface area (Å²) in [7, 11) is 2.87. The molecular weight excluding hydrogens is 627 g/mol. The van der Waals surface area contributed by atoms with E-state index >= 15 is 0 Å². The van der Waals surface area contributed by atoms with Crippen molar-refractivity contribution in [2.45, 2.75) is 13.8 Å². The Morgan fingerprint density at radius 1 is 0.804 bits per heavy atom. The van der Waals surface area contributed by atoms with Gasteiger partial charge in [0.25, 0.3) is 5.95 Å². The lowest BCUT2D eigenvalue weighted by Crippen LogP contribution is -2.41. The summed E-state index contributed by atoms with van der Waals surface area (Å²) in [5.41, 5.74) is 12.4. The summed E-state index contributed by atoms with van der Waals surface area (Å²) in [6, 6.07) is 20.0. The number of nitrogens with two attached hydrogens (primary N) is 1. The van der Waals surface area contributed by atoms with Crippen LogP contribution in [0.15, 0.2) is 66.7 Å². The van der Waals surface area contributed by atoms with Crippen molar-refractivity contribution in [2.75, 3.05) is 40.7 Å². The number of aromatic nitrogens is 3. The van der Waals surface area contributed by atoms with Crippen LogP contribution in [0.5, 0.6) is 0 Å². The topological polar surface area (TPSA) is 162 Å². The molecule has 5 rings (SSSR count). The maximum atomic E-state index is 13.2. The number of anilines is 4. The average molecular weight is 658 g/mol. The number of rotatable bonds is 9. The predicted octanol–water partition coefficient (Wildman–Crippen LogP) is 6.84. The highest BCUT2D eigenvalue weighted by Crippen LogP contribution is 2.36. The maximum Gasteiger partial charge on any atom is 0.415 e. The number of fused-ring (bicyclic) bond motifs is 2. The minimum Gasteiger partial charge on any atom is -0.448 e. The molecule has 4 N–H and O–H groups in total. The van der Waals surface area contributed by atoms with Gasteiger partial charge < -0.3 is 15.2 Å². The van der Waals surface area contributed by atoms with Crippen molar-refractivity contribution in [3.8, 4) is 11.3 Å². The van der Waals surface area contributed by atoms with E-state index in [1.54, 1.807) is 0 Å². The Balaban J connectivity index is 0.991. The third kappa shape index (κ3) is 7.95. The van der Waals surface area contributed by atoms with Crippen LogP contribution in [-0.2, 0) is 9.47 Å². The first-order chi connectivity index (χ1) is 22.3. The Labute approximate surface area is 273 Å². The molecule has 0 fully saturated rings. The standard InChI is InChI=1S/C32H31N7O5S2/c1-20-8-7-11-24(21(20)2)27-28(33)34-29(38-37-27)35-31(41)43-16-18-45-46-19-17-44-32(42)36-30(40)39-25-12-5-3-9-22(25)14-15-23-10-4-6-13-26(23)39/h3-15H,16-19H2,1-2H3,(H,36,40,42)(H3,33,34,35,38,41). The van der Waals surface area contributed by atoms with Crippen LogP contribution in [0.4, 0.5) is 37.5 Å². The SMILES string of the molecule is Cc1cccc(-c2nnc(NC(=O)OCCSSCCOC(=O)NC(=O)N3c4ccccc4C=Cc4ccccc43)nc2N)c1C. The summed E-state index contributed by atoms with van der Waals surface area (Å²) in [5, 5.41) is 12.8. The zero-order chi connectivity index (χ0) is 32.5. The lowest BCUT2D eigenvalue weighted by Gasteiger charge is -2.24. The van der Waals surface area contributed by atoms with Crippen LogP contribution in [0, 0.1) is 13.8 Å². The van der Waals surface area contributed by atoms with Crippen molar-refractivity contribution in [3.63, 3.8) is 0 Å². The number of alkyl carbamates (subject to hydrolysis) is 1. The molecule has 1 aliphatic rings. The zero-order valence-electron chi connectivity index (χ0n) is 25.1. The van der Waals surface area contributed by atoms with Gasteiger partial charge >= 0.3 is 18.2 Å². The molecule has 0 radical (unpaired) electrons. The molecule has 0 spiro atoms. The van der Waals surface area contributed by atoms with Gasteiger partial charge in [-0.1, -0.05) is 88.3 Å². The first-order valence-corrected chi connectivity index (χ1v) is 16.7. The molecule has 46 heavy (non-hydrogen) atoms. The number of ether oxygens (including phenoxy) is 2. The van der Waals surface area contributed by atoms with Gasteiger partial charge in [0, 0.05) is 17.1 Å². The number of carbonyl (C=O) groups excluding carboxylic acids is 3. The number of para-hydroxylation sites is 2. The molecule has 0 aliphatic carbocycles. The van der Waals surface area contributed by atoms with Crippen LogP contribution < -0.4 is 21.3 Å². The lowest BCUT2D eigenvalue weighted by molar-refractivity contribution is 0.154. The fourth-order valence-electron chi connectivity index (χ4n) is 4.54. The summed E-state index contributed by atoms with van der Waals surface area (Å²) in [5.74, 6) is 1.02. The van der Waals surface area contributed by atoms with Crippen LogP contribution >= 0.6 is 21.6 Å². The summed E-state index contributed by atoms with van der Waals surface area (Å²) < 4.78 is 10.4. The number of benzene rings is 3. The zero-order valence-corrected chi connectivity index (χ0v) is 26.7. The molecule has 4 aromatic rings. The summed E-state index contributed by atoms with van der Waals surface area (Å²) in [6.07, 6.45) is 2.28. The van der Waals surface area contributed by atoms with Crippen LogP contribution in [0.1, 0.15) is 22.3 Å². The molecule has 236 valence electrons. The minimum absolute atomic E-state index is 0.0617. The van der Waals surface area contributed by atoms with Gasteiger partial charge in [-0.05, 0) is 48.2 Å². The molecule has 0 unspecified atom stereocenters. The van der Waals surface area contributed by atoms with E-state index < -0.39 is 18.2 Å². The second-order valence-electron chi connectivity index (χ2n) is 9.87. The Kier molecular flexibility index (Phi) is 10.7. The van der Waals surface area contributed by atoms with Gasteiger partial charge in [0.15, 0.2) is 5.82 Å². The maximum absolute atomic E-state index is 13.2. The van der Waals surface area contributed by atoms with Crippen molar-refractivity contribution < 1.29 is 23.9 Å². The number of hydrogen-bond acceptors (Lipinski definition) is 11. The number of amides is 4. The molecule has 1 aromatic heterocycles. The fourth-order valence-corrected chi connectivity index (χ4v) is 6.20. The summed E-state index contributed by atoms with van der Waals surface area (Å²) >= 11 is 0. The molecule has 14 heteroatoms. The van der Waals surface area contributed by atoms with Crippen LogP contribution in [0.2, 0.25) is 0 Å². The lowest BCUT2D eigenvalue weighted by atomic mass is 10.0. The van der Waals surface area contributed by atoms with Crippen molar-refractivity contribution >= 4 is 75.1 Å². The second-order valence-corrected chi connectivity index (χ2v) is 12.6. The van der Waals surface area contributed by atoms with Gasteiger partial charge in [0.1, 0.15) is 18.9 Å². The fraction of sp³-hybridized carbons (Fsp3) is 0.188. The number of hydrogen-bond donors (Lipinski definition) is 3. The Hall–Kier alpha value is -5.08. The molecule has 4 amide bonds. The van der Waals surface area contributed by atoms with E-state index in [0.29, 0.717) is 28.6 Å². The van der Waals surface area contributed by atoms with Crippen molar-refractivity contribution in [3.05, 3.63) is 89.0 Å². The van der Waals surface area contributed by atoms with Gasteiger partial charge in [0.2, 0.25) is 0 Å². The Morgan fingerprint density at radius 3 is 2.04 bits per heavy atom. The second kappa shape index (κ2) is 15.3. The van der Waals surface area contributed by atoms with E-state index in [1.165, 1.54) is 26.5 Å². The molecule has 0 atom stereocenters. The van der Waals surface area contributed by atoms with Crippen LogP contribution in [0.3, 0.4) is 0 Å². The molecule has 2 heterocycles. The Morgan fingerprint density at radius 2 is 1.41 bits per heavy atom. The van der Waals surface area contributed by atoms with E-state index in [1.807, 2.05) is 92.7 Å². The number of imide groups is 1. The first-order valence-electron chi connectivity index (χ1n) is 14.2. The van der Waals surface area contributed by atoms with E-state index in [0.717, 1.165) is 27.8 Å². The third-order valence-corrected chi connectivity index (χ3v) is 9.21. The number of nitrogens with one attached hydrogen (secondary N) is 2. The monoisotopic (exact) mass is 657 g/mol. The number of aryl methyl sites for hydroxylation is 1. The average Bonchev–Trinajstić information content (AvgIpc) is 3.21. The number of carbonyl (C=O) groups is 3. The largest absolute Gasteiger partial charge is 0.448 e. The predicted molar refractivity (Wildman–Crippen MR) is 183 cm³/mol. The highest BCUT2D eigenvalue weighted by atomic mass is 33.1. The third-order valence-electron chi connectivity index (χ3n) is 6.88. The highest BCUT2D eigenvalue weighted by molar-refractivity contribution is 8.76. The molecular formula is C32H31N7O5S2. The minimum atomic E-state index is -0.845. The summed E-state index contributed by atoms with van der Waals surface area (Å²) in [4.78, 5) is 43.3. The van der Waals surface area contributed by atoms with Gasteiger partial charge in [0.05, 0.1) is 11.4 Å². The van der Waals surface area contributed by atoms with Gasteiger partial charge in [-0.25, -0.2) is 19.7 Å². The molecule has 0 saturated heterocycles. The van der Waals surface area contributed by atoms with E-state index in [2.05, 4.69) is 25.8 Å². The van der Waals surface area contributed by atoms with E-state index in [-0.39, 0.29) is 25.0 Å². The van der Waals surface area contributed by atoms with E-state index in [9.17, 15) is 14.4 Å². The van der Waals surface area contributed by atoms with Crippen molar-refractivity contribution in [1.82, 2.24) is 20.5 Å². The molecule has 0 saturated carbocycles. The quantitative estimate of drug-likeness (QED) is 0.128. The molecule has 1 aliphatic heterocycles. The number of nitrogen functional groups attached to an aromatic ring is 1. The van der Waals surface area contributed by atoms with Gasteiger partial charge in [-0.15, -0.1) is 10.2 Å². The van der Waals surface area contributed by atoms with Gasteiger partial charge in [-0.2, -0.15) is 4.98 Å². The van der Waals surface area contributed by atoms with Crippen LogP contribution in [-0.4, -0.2) is 58.1 Å². The molecule has 0 bridgehead atoms.